The summed E-state index contributed by atoms with van der Waals surface area (Å²) in [4.78, 5) is 29.5. The smallest absolute Gasteiger partial charge is 0.247 e. The Labute approximate surface area is 205 Å². The zero-order valence-electron chi connectivity index (χ0n) is 19.8. The first-order valence-electron chi connectivity index (χ1n) is 10.8. The van der Waals surface area contributed by atoms with E-state index in [1.54, 1.807) is 30.1 Å². The van der Waals surface area contributed by atoms with Gasteiger partial charge in [-0.2, -0.15) is 5.10 Å². The van der Waals surface area contributed by atoms with Crippen molar-refractivity contribution >= 4 is 28.3 Å². The van der Waals surface area contributed by atoms with E-state index in [0.29, 0.717) is 22.6 Å². The first-order valence-corrected chi connectivity index (χ1v) is 10.8. The number of ether oxygens (including phenoxy) is 2. The first-order chi connectivity index (χ1) is 17.2. The molecule has 8 nitrogen and oxygen atoms in total. The number of aryl methyl sites for hydroxylation is 1. The summed E-state index contributed by atoms with van der Waals surface area (Å²) >= 11 is 0. The van der Waals surface area contributed by atoms with Crippen LogP contribution >= 0.6 is 0 Å². The lowest BCUT2D eigenvalue weighted by Crippen LogP contribution is -2.10. The molecule has 1 amide bonds. The minimum absolute atomic E-state index is 0.0389. The molecule has 0 saturated carbocycles. The Morgan fingerprint density at radius 3 is 2.39 bits per heavy atom. The molecule has 0 aliphatic carbocycles. The molecule has 4 aromatic rings. The zero-order chi connectivity index (χ0) is 26.0. The number of amides is 1. The maximum atomic E-state index is 14.9. The van der Waals surface area contributed by atoms with Crippen molar-refractivity contribution in [2.45, 2.75) is 6.42 Å². The third kappa shape index (κ3) is 4.65. The van der Waals surface area contributed by atoms with Gasteiger partial charge in [0.15, 0.2) is 28.9 Å². The molecule has 0 spiro atoms. The summed E-state index contributed by atoms with van der Waals surface area (Å²) in [6.45, 7) is 3.45. The number of fused-ring (bicyclic) bond motifs is 1. The minimum atomic E-state index is -1.12. The number of hydrogen-bond donors (Lipinski definition) is 1. The number of carbonyl (C=O) groups is 2. The number of benzene rings is 2. The van der Waals surface area contributed by atoms with Gasteiger partial charge in [-0.1, -0.05) is 24.8 Å². The predicted octanol–water partition coefficient (Wildman–Crippen LogP) is 4.21. The summed E-state index contributed by atoms with van der Waals surface area (Å²) in [6.07, 6.45) is 3.12. The Kier molecular flexibility index (Phi) is 6.77. The monoisotopic (exact) mass is 492 g/mol. The summed E-state index contributed by atoms with van der Waals surface area (Å²) in [5.41, 5.74) is 1.42. The second-order valence-electron chi connectivity index (χ2n) is 7.86. The number of aromatic nitrogens is 3. The summed E-state index contributed by atoms with van der Waals surface area (Å²) in [5.74, 6) is -4.11. The molecule has 10 heteroatoms. The summed E-state index contributed by atoms with van der Waals surface area (Å²) < 4.78 is 41.1. The molecule has 0 aliphatic rings. The highest BCUT2D eigenvalue weighted by molar-refractivity contribution is 6.11. The molecule has 184 valence electrons. The number of halogens is 2. The van der Waals surface area contributed by atoms with Crippen LogP contribution in [0.1, 0.15) is 27.3 Å². The SMILES string of the molecule is C=CC(=O)Nc1cn(C)nc1Cc1ccc2ccc(C(=O)c3c(F)c(OC)cc(OC)c3F)cc2n1. The van der Waals surface area contributed by atoms with Crippen LogP contribution in [0.2, 0.25) is 0 Å². The lowest BCUT2D eigenvalue weighted by atomic mass is 9.99. The van der Waals surface area contributed by atoms with Crippen molar-refractivity contribution in [2.24, 2.45) is 7.05 Å². The number of nitrogens with one attached hydrogen (secondary N) is 1. The third-order valence-electron chi connectivity index (χ3n) is 5.51. The summed E-state index contributed by atoms with van der Waals surface area (Å²) in [7, 11) is 4.15. The Balaban J connectivity index is 1.71. The van der Waals surface area contributed by atoms with E-state index in [0.717, 1.165) is 17.5 Å². The molecule has 0 saturated heterocycles. The lowest BCUT2D eigenvalue weighted by Gasteiger charge is -2.12. The highest BCUT2D eigenvalue weighted by Crippen LogP contribution is 2.33. The minimum Gasteiger partial charge on any atom is -0.494 e. The van der Waals surface area contributed by atoms with Crippen molar-refractivity contribution in [3.05, 3.63) is 89.4 Å². The summed E-state index contributed by atoms with van der Waals surface area (Å²) in [6, 6.07) is 9.22. The molecule has 2 heterocycles. The van der Waals surface area contributed by atoms with E-state index in [2.05, 4.69) is 22.0 Å². The van der Waals surface area contributed by atoms with Crippen molar-refractivity contribution in [1.82, 2.24) is 14.8 Å². The van der Waals surface area contributed by atoms with Crippen molar-refractivity contribution < 1.29 is 27.8 Å². The van der Waals surface area contributed by atoms with E-state index in [-0.39, 0.29) is 29.4 Å². The number of methoxy groups -OCH3 is 2. The Bertz CT molecular complexity index is 1490. The van der Waals surface area contributed by atoms with Crippen LogP contribution in [0.15, 0.2) is 55.3 Å². The molecular weight excluding hydrogens is 470 g/mol. The molecule has 0 radical (unpaired) electrons. The quantitative estimate of drug-likeness (QED) is 0.293. The number of nitrogens with zero attached hydrogens (tertiary/aromatic N) is 3. The number of hydrogen-bond acceptors (Lipinski definition) is 6. The molecule has 0 fully saturated rings. The van der Waals surface area contributed by atoms with Crippen LogP contribution in [-0.2, 0) is 18.3 Å². The Hall–Kier alpha value is -4.60. The molecule has 0 bridgehead atoms. The topological polar surface area (TPSA) is 95.3 Å². The molecule has 0 aliphatic heterocycles. The van der Waals surface area contributed by atoms with Gasteiger partial charge < -0.3 is 14.8 Å². The number of anilines is 1. The van der Waals surface area contributed by atoms with Gasteiger partial charge in [0, 0.05) is 42.4 Å². The maximum absolute atomic E-state index is 14.9. The average Bonchev–Trinajstić information content (AvgIpc) is 3.21. The molecule has 2 aromatic heterocycles. The van der Waals surface area contributed by atoms with Gasteiger partial charge >= 0.3 is 0 Å². The average molecular weight is 492 g/mol. The number of rotatable bonds is 8. The molecule has 2 aromatic carbocycles. The number of pyridine rings is 1. The van der Waals surface area contributed by atoms with Crippen LogP contribution in [-0.4, -0.2) is 40.7 Å². The Morgan fingerprint density at radius 2 is 1.75 bits per heavy atom. The van der Waals surface area contributed by atoms with Crippen molar-refractivity contribution in [1.29, 1.82) is 0 Å². The predicted molar refractivity (Wildman–Crippen MR) is 129 cm³/mol. The molecule has 4 rings (SSSR count). The van der Waals surface area contributed by atoms with Crippen LogP contribution in [0.4, 0.5) is 14.5 Å². The fourth-order valence-corrected chi connectivity index (χ4v) is 3.75. The Morgan fingerprint density at radius 1 is 1.08 bits per heavy atom. The van der Waals surface area contributed by atoms with Crippen molar-refractivity contribution in [3.8, 4) is 11.5 Å². The fraction of sp³-hybridized carbons (Fsp3) is 0.154. The van der Waals surface area contributed by atoms with Crippen LogP contribution in [0.5, 0.6) is 11.5 Å². The lowest BCUT2D eigenvalue weighted by molar-refractivity contribution is -0.111. The van der Waals surface area contributed by atoms with Crippen LogP contribution in [0.25, 0.3) is 10.9 Å². The molecule has 36 heavy (non-hydrogen) atoms. The van der Waals surface area contributed by atoms with Crippen molar-refractivity contribution in [2.75, 3.05) is 19.5 Å². The van der Waals surface area contributed by atoms with Crippen LogP contribution in [0, 0.1) is 11.6 Å². The van der Waals surface area contributed by atoms with Crippen LogP contribution < -0.4 is 14.8 Å². The third-order valence-corrected chi connectivity index (χ3v) is 5.51. The normalized spacial score (nSPS) is 10.8. The van der Waals surface area contributed by atoms with Gasteiger partial charge in [-0.05, 0) is 18.2 Å². The largest absolute Gasteiger partial charge is 0.494 e. The molecular formula is C26H22F2N4O4. The fourth-order valence-electron chi connectivity index (χ4n) is 3.75. The van der Waals surface area contributed by atoms with Gasteiger partial charge in [0.25, 0.3) is 0 Å². The van der Waals surface area contributed by atoms with E-state index in [1.807, 2.05) is 6.07 Å². The van der Waals surface area contributed by atoms with Gasteiger partial charge in [0.05, 0.1) is 31.1 Å². The zero-order valence-corrected chi connectivity index (χ0v) is 19.8. The van der Waals surface area contributed by atoms with E-state index < -0.39 is 23.0 Å². The highest BCUT2D eigenvalue weighted by Gasteiger charge is 2.26. The van der Waals surface area contributed by atoms with Gasteiger partial charge in [-0.15, -0.1) is 0 Å². The summed E-state index contributed by atoms with van der Waals surface area (Å²) in [5, 5.41) is 7.81. The number of carbonyl (C=O) groups excluding carboxylic acids is 2. The van der Waals surface area contributed by atoms with E-state index >= 15 is 0 Å². The first kappa shape index (κ1) is 24.5. The van der Waals surface area contributed by atoms with Gasteiger partial charge in [-0.25, -0.2) is 8.78 Å². The van der Waals surface area contributed by atoms with Gasteiger partial charge in [0.2, 0.25) is 5.91 Å². The highest BCUT2D eigenvalue weighted by atomic mass is 19.1. The molecule has 0 unspecified atom stereocenters. The van der Waals surface area contributed by atoms with E-state index in [1.165, 1.54) is 26.4 Å². The van der Waals surface area contributed by atoms with E-state index in [4.69, 9.17) is 9.47 Å². The molecule has 0 atom stereocenters. The number of ketones is 1. The van der Waals surface area contributed by atoms with Crippen molar-refractivity contribution in [3.63, 3.8) is 0 Å². The maximum Gasteiger partial charge on any atom is 0.247 e. The molecule has 1 N–H and O–H groups in total. The standard InChI is InChI=1S/C26H22F2N4O4/c1-5-22(33)30-19-13-32(2)31-18(19)11-16-9-8-14-6-7-15(10-17(14)29-16)26(34)23-24(27)20(35-3)12-21(36-4)25(23)28/h5-10,12-13H,1,11H2,2-4H3,(H,30,33). The van der Waals surface area contributed by atoms with Gasteiger partial charge in [-0.3, -0.25) is 19.3 Å². The second kappa shape index (κ2) is 9.95. The van der Waals surface area contributed by atoms with Crippen LogP contribution in [0.3, 0.4) is 0 Å². The second-order valence-corrected chi connectivity index (χ2v) is 7.86. The van der Waals surface area contributed by atoms with E-state index in [9.17, 15) is 18.4 Å². The van der Waals surface area contributed by atoms with Gasteiger partial charge in [0.1, 0.15) is 5.56 Å².